The summed E-state index contributed by atoms with van der Waals surface area (Å²) in [6.07, 6.45) is 5.21. The van der Waals surface area contributed by atoms with E-state index >= 15 is 0 Å². The van der Waals surface area contributed by atoms with Crippen LogP contribution in [-0.2, 0) is 0 Å². The zero-order valence-electron chi connectivity index (χ0n) is 12.5. The monoisotopic (exact) mass is 295 g/mol. The summed E-state index contributed by atoms with van der Waals surface area (Å²) < 4.78 is 37.5. The van der Waals surface area contributed by atoms with Gasteiger partial charge in [0, 0.05) is 6.04 Å². The molecule has 0 aromatic heterocycles. The van der Waals surface area contributed by atoms with Crippen molar-refractivity contribution in [2.24, 2.45) is 0 Å². The van der Waals surface area contributed by atoms with Crippen molar-refractivity contribution >= 4 is 0 Å². The van der Waals surface area contributed by atoms with Crippen LogP contribution in [-0.4, -0.2) is 41.9 Å². The molecule has 1 rings (SSSR count). The first-order valence-corrected chi connectivity index (χ1v) is 7.85. The highest BCUT2D eigenvalue weighted by Gasteiger charge is 2.34. The minimum atomic E-state index is -4.20. The van der Waals surface area contributed by atoms with E-state index in [0.29, 0.717) is 12.8 Å². The molecule has 0 saturated heterocycles. The Morgan fingerprint density at radius 3 is 1.85 bits per heavy atom. The molecule has 2 nitrogen and oxygen atoms in total. The Morgan fingerprint density at radius 2 is 1.35 bits per heavy atom. The smallest absolute Gasteiger partial charge is 0.391 e. The highest BCUT2D eigenvalue weighted by molar-refractivity contribution is 4.79. The van der Waals surface area contributed by atoms with Crippen LogP contribution in [0.1, 0.15) is 64.2 Å². The fourth-order valence-corrected chi connectivity index (χ4v) is 3.07. The molecular weight excluding hydrogens is 267 g/mol. The number of halogens is 3. The summed E-state index contributed by atoms with van der Waals surface area (Å²) >= 11 is 0. The molecule has 2 unspecified atom stereocenters. The zero-order valence-corrected chi connectivity index (χ0v) is 12.5. The number of likely N-dealkylation sites (N-methyl/N-ethyl adjacent to an activating group) is 1. The van der Waals surface area contributed by atoms with Gasteiger partial charge in [-0.05, 0) is 19.9 Å². The largest absolute Gasteiger partial charge is 0.401 e. The number of aliphatic hydroxyl groups excluding tert-OH is 1. The molecular formula is C15H28F3NO. The molecule has 0 amide bonds. The Hall–Kier alpha value is -0.290. The van der Waals surface area contributed by atoms with E-state index in [1.165, 1.54) is 31.2 Å². The third kappa shape index (κ3) is 7.48. The molecule has 2 atom stereocenters. The molecule has 1 saturated carbocycles. The van der Waals surface area contributed by atoms with Crippen LogP contribution in [0, 0.1) is 0 Å². The van der Waals surface area contributed by atoms with E-state index < -0.39 is 18.8 Å². The molecule has 1 aliphatic rings. The molecule has 120 valence electrons. The third-order valence-electron chi connectivity index (χ3n) is 4.19. The second-order valence-electron chi connectivity index (χ2n) is 6.07. The Bertz CT molecular complexity index is 258. The maximum atomic E-state index is 12.5. The van der Waals surface area contributed by atoms with E-state index in [4.69, 9.17) is 0 Å². The van der Waals surface area contributed by atoms with Gasteiger partial charge in [-0.15, -0.1) is 0 Å². The second-order valence-corrected chi connectivity index (χ2v) is 6.07. The van der Waals surface area contributed by atoms with Crippen molar-refractivity contribution in [3.05, 3.63) is 0 Å². The van der Waals surface area contributed by atoms with Crippen LogP contribution in [0.4, 0.5) is 13.2 Å². The van der Waals surface area contributed by atoms with Crippen LogP contribution in [0.5, 0.6) is 0 Å². The number of aliphatic hydroxyl groups is 1. The molecule has 0 aromatic rings. The summed E-state index contributed by atoms with van der Waals surface area (Å²) in [5, 5.41) is 10.2. The molecule has 0 aromatic carbocycles. The van der Waals surface area contributed by atoms with Gasteiger partial charge in [-0.1, -0.05) is 51.4 Å². The number of hydrogen-bond donors (Lipinski definition) is 1. The molecule has 0 bridgehead atoms. The number of nitrogens with zero attached hydrogens (tertiary/aromatic N) is 1. The zero-order chi connectivity index (χ0) is 15.0. The average Bonchev–Trinajstić information content (AvgIpc) is 2.31. The molecule has 5 heteroatoms. The first kappa shape index (κ1) is 17.8. The van der Waals surface area contributed by atoms with Gasteiger partial charge >= 0.3 is 6.18 Å². The first-order valence-electron chi connectivity index (χ1n) is 7.85. The first-order chi connectivity index (χ1) is 9.40. The van der Waals surface area contributed by atoms with E-state index in [9.17, 15) is 18.3 Å². The van der Waals surface area contributed by atoms with E-state index in [-0.39, 0.29) is 6.04 Å². The Balaban J connectivity index is 2.55. The van der Waals surface area contributed by atoms with Gasteiger partial charge in [0.15, 0.2) is 0 Å². The highest BCUT2D eigenvalue weighted by Crippen LogP contribution is 2.23. The van der Waals surface area contributed by atoms with E-state index in [1.54, 1.807) is 0 Å². The lowest BCUT2D eigenvalue weighted by Crippen LogP contribution is -2.45. The quantitative estimate of drug-likeness (QED) is 0.828. The van der Waals surface area contributed by atoms with E-state index in [2.05, 4.69) is 0 Å². The van der Waals surface area contributed by atoms with Gasteiger partial charge in [-0.2, -0.15) is 13.2 Å². The summed E-state index contributed by atoms with van der Waals surface area (Å²) in [5.41, 5.74) is 0. The molecule has 0 aliphatic heterocycles. The SMILES string of the molecule is CN(CC(F)(F)F)C1CCCCCCCCCCC1O. The van der Waals surface area contributed by atoms with Crippen molar-refractivity contribution in [2.45, 2.75) is 82.5 Å². The molecule has 20 heavy (non-hydrogen) atoms. The van der Waals surface area contributed by atoms with Gasteiger partial charge in [-0.3, -0.25) is 4.90 Å². The van der Waals surface area contributed by atoms with Crippen LogP contribution in [0.15, 0.2) is 0 Å². The van der Waals surface area contributed by atoms with Crippen molar-refractivity contribution < 1.29 is 18.3 Å². The molecule has 0 heterocycles. The number of rotatable bonds is 2. The van der Waals surface area contributed by atoms with Crippen LogP contribution in [0.3, 0.4) is 0 Å². The lowest BCUT2D eigenvalue weighted by atomic mass is 9.95. The summed E-state index contributed by atoms with van der Waals surface area (Å²) in [5.74, 6) is 0. The van der Waals surface area contributed by atoms with Crippen molar-refractivity contribution in [1.29, 1.82) is 0 Å². The molecule has 1 N–H and O–H groups in total. The van der Waals surface area contributed by atoms with Gasteiger partial charge in [-0.25, -0.2) is 0 Å². The fraction of sp³-hybridized carbons (Fsp3) is 1.00. The molecule has 0 radical (unpaired) electrons. The van der Waals surface area contributed by atoms with E-state index in [1.807, 2.05) is 0 Å². The average molecular weight is 295 g/mol. The van der Waals surface area contributed by atoms with Crippen LogP contribution in [0.2, 0.25) is 0 Å². The van der Waals surface area contributed by atoms with Gasteiger partial charge in [0.25, 0.3) is 0 Å². The predicted octanol–water partition coefficient (Wildman–Crippen LogP) is 4.12. The number of hydrogen-bond acceptors (Lipinski definition) is 2. The van der Waals surface area contributed by atoms with Crippen molar-refractivity contribution in [2.75, 3.05) is 13.6 Å². The summed E-state index contributed by atoms with van der Waals surface area (Å²) in [6.45, 7) is -0.936. The molecule has 1 aliphatic carbocycles. The molecule has 1 fully saturated rings. The molecule has 0 spiro atoms. The van der Waals surface area contributed by atoms with Crippen molar-refractivity contribution in [3.8, 4) is 0 Å². The minimum absolute atomic E-state index is 0.365. The third-order valence-corrected chi connectivity index (χ3v) is 4.19. The minimum Gasteiger partial charge on any atom is -0.391 e. The number of alkyl halides is 3. The predicted molar refractivity (Wildman–Crippen MR) is 74.6 cm³/mol. The highest BCUT2D eigenvalue weighted by atomic mass is 19.4. The lowest BCUT2D eigenvalue weighted by Gasteiger charge is -2.33. The van der Waals surface area contributed by atoms with Gasteiger partial charge in [0.05, 0.1) is 12.6 Å². The summed E-state index contributed by atoms with van der Waals surface area (Å²) in [7, 11) is 1.48. The standard InChI is InChI=1S/C15H28F3NO/c1-19(12-15(16,17)18)13-10-8-6-4-2-3-5-7-9-11-14(13)20/h13-14,20H,2-12H2,1H3. The lowest BCUT2D eigenvalue weighted by molar-refractivity contribution is -0.152. The van der Waals surface area contributed by atoms with Gasteiger partial charge < -0.3 is 5.11 Å². The summed E-state index contributed by atoms with van der Waals surface area (Å²) in [4.78, 5) is 1.29. The van der Waals surface area contributed by atoms with E-state index in [0.717, 1.165) is 32.1 Å². The maximum Gasteiger partial charge on any atom is 0.401 e. The van der Waals surface area contributed by atoms with Crippen molar-refractivity contribution in [1.82, 2.24) is 4.90 Å². The second kappa shape index (κ2) is 8.88. The Labute approximate surface area is 120 Å². The van der Waals surface area contributed by atoms with Crippen LogP contribution in [0.25, 0.3) is 0 Å². The van der Waals surface area contributed by atoms with Crippen LogP contribution >= 0.6 is 0 Å². The Kier molecular flexibility index (Phi) is 7.88. The van der Waals surface area contributed by atoms with Gasteiger partial charge in [0.1, 0.15) is 0 Å². The summed E-state index contributed by atoms with van der Waals surface area (Å²) in [6, 6.07) is -0.365. The topological polar surface area (TPSA) is 23.5 Å². The Morgan fingerprint density at radius 1 is 0.900 bits per heavy atom. The maximum absolute atomic E-state index is 12.5. The fourth-order valence-electron chi connectivity index (χ4n) is 3.07. The normalized spacial score (nSPS) is 27.9. The van der Waals surface area contributed by atoms with Gasteiger partial charge in [0.2, 0.25) is 0 Å². The van der Waals surface area contributed by atoms with Crippen molar-refractivity contribution in [3.63, 3.8) is 0 Å². The van der Waals surface area contributed by atoms with Crippen LogP contribution < -0.4 is 0 Å².